The van der Waals surface area contributed by atoms with Gasteiger partial charge in [0.05, 0.1) is 16.3 Å². The number of pyridine rings is 1. The van der Waals surface area contributed by atoms with Gasteiger partial charge in [-0.05, 0) is 42.7 Å². The van der Waals surface area contributed by atoms with E-state index in [-0.39, 0.29) is 4.90 Å². The minimum atomic E-state index is -3.72. The first-order valence-electron chi connectivity index (χ1n) is 6.97. The van der Waals surface area contributed by atoms with Crippen LogP contribution in [0, 0.1) is 0 Å². The Kier molecular flexibility index (Phi) is 4.65. The van der Waals surface area contributed by atoms with E-state index in [1.54, 1.807) is 41.0 Å². The van der Waals surface area contributed by atoms with Crippen LogP contribution < -0.4 is 5.14 Å². The van der Waals surface area contributed by atoms with Gasteiger partial charge in [-0.2, -0.15) is 11.8 Å². The van der Waals surface area contributed by atoms with Crippen LogP contribution in [0.4, 0.5) is 0 Å². The van der Waals surface area contributed by atoms with Crippen molar-refractivity contribution in [2.45, 2.75) is 10.6 Å². The second-order valence-electron chi connectivity index (χ2n) is 4.98. The summed E-state index contributed by atoms with van der Waals surface area (Å²) in [5.74, 6) is 2.01. The van der Waals surface area contributed by atoms with Crippen LogP contribution in [-0.2, 0) is 15.8 Å². The Morgan fingerprint density at radius 2 is 1.96 bits per heavy atom. The van der Waals surface area contributed by atoms with Crippen LogP contribution in [0.5, 0.6) is 0 Å². The first kappa shape index (κ1) is 16.6. The molecule has 0 spiro atoms. The van der Waals surface area contributed by atoms with Crippen LogP contribution >= 0.6 is 11.8 Å². The van der Waals surface area contributed by atoms with E-state index in [9.17, 15) is 8.42 Å². The summed E-state index contributed by atoms with van der Waals surface area (Å²) in [5, 5.41) is 9.66. The minimum Gasteiger partial charge on any atom is -0.264 e. The standard InChI is InChI=1S/C15H15N5O2S2/c1-23-10-14-18-15(11-3-2-8-17-9-11)19-20(14)12-4-6-13(7-5-12)24(16,21)22/h2-9H,10H2,1H3,(H2,16,21,22). The first-order chi connectivity index (χ1) is 11.5. The van der Waals surface area contributed by atoms with Crippen LogP contribution in [0.1, 0.15) is 5.82 Å². The normalized spacial score (nSPS) is 11.6. The molecule has 2 heterocycles. The van der Waals surface area contributed by atoms with Gasteiger partial charge in [0.15, 0.2) is 5.82 Å². The third-order valence-corrected chi connectivity index (χ3v) is 4.75. The number of nitrogens with zero attached hydrogens (tertiary/aromatic N) is 4. The highest BCUT2D eigenvalue weighted by molar-refractivity contribution is 7.97. The topological polar surface area (TPSA) is 104 Å². The number of hydrogen-bond acceptors (Lipinski definition) is 6. The van der Waals surface area contributed by atoms with Gasteiger partial charge in [-0.15, -0.1) is 5.10 Å². The zero-order valence-corrected chi connectivity index (χ0v) is 14.5. The Morgan fingerprint density at radius 1 is 1.21 bits per heavy atom. The van der Waals surface area contributed by atoms with Crippen LogP contribution in [-0.4, -0.2) is 34.4 Å². The molecule has 0 aliphatic carbocycles. The van der Waals surface area contributed by atoms with E-state index < -0.39 is 10.0 Å². The molecule has 124 valence electrons. The Hall–Kier alpha value is -2.23. The monoisotopic (exact) mass is 361 g/mol. The van der Waals surface area contributed by atoms with Crippen LogP contribution in [0.25, 0.3) is 17.1 Å². The first-order valence-corrected chi connectivity index (χ1v) is 9.91. The van der Waals surface area contributed by atoms with Gasteiger partial charge in [-0.3, -0.25) is 4.98 Å². The van der Waals surface area contributed by atoms with Gasteiger partial charge in [-0.1, -0.05) is 0 Å². The van der Waals surface area contributed by atoms with Gasteiger partial charge in [0.25, 0.3) is 0 Å². The van der Waals surface area contributed by atoms with E-state index >= 15 is 0 Å². The molecule has 0 amide bonds. The molecule has 0 atom stereocenters. The lowest BCUT2D eigenvalue weighted by atomic mass is 10.3. The SMILES string of the molecule is CSCc1nc(-c2cccnc2)nn1-c1ccc(S(N)(=O)=O)cc1. The van der Waals surface area contributed by atoms with Gasteiger partial charge in [0.1, 0.15) is 5.82 Å². The van der Waals surface area contributed by atoms with E-state index in [4.69, 9.17) is 5.14 Å². The van der Waals surface area contributed by atoms with Crippen molar-refractivity contribution >= 4 is 21.8 Å². The quantitative estimate of drug-likeness (QED) is 0.744. The predicted octanol–water partition coefficient (Wildman–Crippen LogP) is 1.84. The Bertz CT molecular complexity index is 938. The molecule has 2 N–H and O–H groups in total. The molecule has 0 radical (unpaired) electrons. The average Bonchev–Trinajstić information content (AvgIpc) is 2.99. The van der Waals surface area contributed by atoms with E-state index in [2.05, 4.69) is 15.1 Å². The minimum absolute atomic E-state index is 0.0604. The highest BCUT2D eigenvalue weighted by atomic mass is 32.2. The van der Waals surface area contributed by atoms with E-state index in [0.29, 0.717) is 17.3 Å². The summed E-state index contributed by atoms with van der Waals surface area (Å²) < 4.78 is 24.4. The summed E-state index contributed by atoms with van der Waals surface area (Å²) in [6.45, 7) is 0. The fourth-order valence-electron chi connectivity index (χ4n) is 2.17. The summed E-state index contributed by atoms with van der Waals surface area (Å²) in [7, 11) is -3.72. The van der Waals surface area contributed by atoms with Gasteiger partial charge in [0.2, 0.25) is 10.0 Å². The molecular weight excluding hydrogens is 346 g/mol. The van der Waals surface area contributed by atoms with Crippen molar-refractivity contribution in [1.29, 1.82) is 0 Å². The smallest absolute Gasteiger partial charge is 0.238 e. The molecule has 3 rings (SSSR count). The Morgan fingerprint density at radius 3 is 2.54 bits per heavy atom. The molecule has 3 aromatic rings. The molecule has 0 saturated carbocycles. The second-order valence-corrected chi connectivity index (χ2v) is 7.40. The van der Waals surface area contributed by atoms with Crippen molar-refractivity contribution in [3.8, 4) is 17.1 Å². The fourth-order valence-corrected chi connectivity index (χ4v) is 3.13. The number of hydrogen-bond donors (Lipinski definition) is 1. The Balaban J connectivity index is 2.05. The molecule has 24 heavy (non-hydrogen) atoms. The summed E-state index contributed by atoms with van der Waals surface area (Å²) in [5.41, 5.74) is 1.54. The maximum absolute atomic E-state index is 11.4. The van der Waals surface area contributed by atoms with E-state index in [1.807, 2.05) is 18.4 Å². The molecule has 9 heteroatoms. The summed E-state index contributed by atoms with van der Waals surface area (Å²) in [4.78, 5) is 8.71. The molecule has 0 aliphatic heterocycles. The number of thioether (sulfide) groups is 1. The van der Waals surface area contributed by atoms with Crippen LogP contribution in [0.2, 0.25) is 0 Å². The lowest BCUT2D eigenvalue weighted by Gasteiger charge is -2.05. The van der Waals surface area contributed by atoms with E-state index in [0.717, 1.165) is 11.4 Å². The largest absolute Gasteiger partial charge is 0.264 e. The molecule has 7 nitrogen and oxygen atoms in total. The van der Waals surface area contributed by atoms with E-state index in [1.165, 1.54) is 12.1 Å². The lowest BCUT2D eigenvalue weighted by Crippen LogP contribution is -2.12. The van der Waals surface area contributed by atoms with Crippen molar-refractivity contribution in [3.05, 3.63) is 54.6 Å². The molecule has 1 aromatic carbocycles. The van der Waals surface area contributed by atoms with Gasteiger partial charge in [-0.25, -0.2) is 23.2 Å². The maximum atomic E-state index is 11.4. The number of primary sulfonamides is 1. The van der Waals surface area contributed by atoms with Crippen LogP contribution in [0.15, 0.2) is 53.7 Å². The van der Waals surface area contributed by atoms with Crippen molar-refractivity contribution < 1.29 is 8.42 Å². The number of sulfonamides is 1. The van der Waals surface area contributed by atoms with Crippen molar-refractivity contribution in [2.75, 3.05) is 6.26 Å². The average molecular weight is 361 g/mol. The van der Waals surface area contributed by atoms with Crippen LogP contribution in [0.3, 0.4) is 0 Å². The zero-order valence-electron chi connectivity index (χ0n) is 12.8. The predicted molar refractivity (Wildman–Crippen MR) is 93.2 cm³/mol. The third kappa shape index (κ3) is 3.48. The molecule has 0 bridgehead atoms. The molecule has 0 aliphatic rings. The maximum Gasteiger partial charge on any atom is 0.238 e. The molecule has 0 saturated heterocycles. The van der Waals surface area contributed by atoms with Gasteiger partial charge >= 0.3 is 0 Å². The van der Waals surface area contributed by atoms with Crippen molar-refractivity contribution in [2.24, 2.45) is 5.14 Å². The van der Waals surface area contributed by atoms with Crippen molar-refractivity contribution in [3.63, 3.8) is 0 Å². The highest BCUT2D eigenvalue weighted by Gasteiger charge is 2.14. The number of rotatable bonds is 5. The number of benzene rings is 1. The second kappa shape index (κ2) is 6.71. The van der Waals surface area contributed by atoms with Gasteiger partial charge < -0.3 is 0 Å². The van der Waals surface area contributed by atoms with Crippen molar-refractivity contribution in [1.82, 2.24) is 19.7 Å². The molecular formula is C15H15N5O2S2. The molecule has 0 unspecified atom stereocenters. The number of nitrogens with two attached hydrogens (primary N) is 1. The Labute approximate surface area is 144 Å². The molecule has 0 fully saturated rings. The summed E-state index contributed by atoms with van der Waals surface area (Å²) in [6.07, 6.45) is 5.37. The third-order valence-electron chi connectivity index (χ3n) is 3.28. The zero-order chi connectivity index (χ0) is 17.2. The lowest BCUT2D eigenvalue weighted by molar-refractivity contribution is 0.598. The summed E-state index contributed by atoms with van der Waals surface area (Å²) >= 11 is 1.62. The highest BCUT2D eigenvalue weighted by Crippen LogP contribution is 2.20. The summed E-state index contributed by atoms with van der Waals surface area (Å²) in [6, 6.07) is 9.94. The fraction of sp³-hybridized carbons (Fsp3) is 0.133. The van der Waals surface area contributed by atoms with Gasteiger partial charge in [0, 0.05) is 18.0 Å². The number of aromatic nitrogens is 4. The molecule has 2 aromatic heterocycles.